The molecule has 0 aliphatic carbocycles. The van der Waals surface area contributed by atoms with Crippen LogP contribution in [0, 0.1) is 5.82 Å². The van der Waals surface area contributed by atoms with E-state index in [1.54, 1.807) is 6.07 Å². The van der Waals surface area contributed by atoms with Gasteiger partial charge in [0.25, 0.3) is 0 Å². The molecule has 0 bridgehead atoms. The largest absolute Gasteiger partial charge is 0.411 e. The van der Waals surface area contributed by atoms with Crippen LogP contribution in [0.1, 0.15) is 25.0 Å². The minimum Gasteiger partial charge on any atom is -0.411 e. The monoisotopic (exact) mass is 298 g/mol. The van der Waals surface area contributed by atoms with Gasteiger partial charge in [-0.2, -0.15) is 0 Å². The highest BCUT2D eigenvalue weighted by Gasteiger charge is 2.13. The van der Waals surface area contributed by atoms with E-state index in [9.17, 15) is 4.39 Å². The van der Waals surface area contributed by atoms with Crippen LogP contribution in [0.3, 0.4) is 0 Å². The summed E-state index contributed by atoms with van der Waals surface area (Å²) in [5.74, 6) is -0.363. The number of halogens is 1. The van der Waals surface area contributed by atoms with Crippen molar-refractivity contribution >= 4 is 6.21 Å². The Balaban J connectivity index is 2.71. The highest BCUT2D eigenvalue weighted by Crippen LogP contribution is 2.12. The number of oxime groups is 1. The van der Waals surface area contributed by atoms with E-state index in [0.717, 1.165) is 5.56 Å². The summed E-state index contributed by atoms with van der Waals surface area (Å²) in [6.45, 7) is 6.16. The lowest BCUT2D eigenvalue weighted by Crippen LogP contribution is -2.33. The molecule has 0 saturated carbocycles. The van der Waals surface area contributed by atoms with E-state index < -0.39 is 0 Å². The Morgan fingerprint density at radius 1 is 1.33 bits per heavy atom. The second-order valence-corrected chi connectivity index (χ2v) is 4.62. The third kappa shape index (κ3) is 6.20. The normalized spacial score (nSPS) is 11.9. The Morgan fingerprint density at radius 3 is 2.57 bits per heavy atom. The molecule has 21 heavy (non-hydrogen) atoms. The first-order valence-electron chi connectivity index (χ1n) is 6.98. The van der Waals surface area contributed by atoms with Crippen molar-refractivity contribution in [1.82, 2.24) is 4.90 Å². The summed E-state index contributed by atoms with van der Waals surface area (Å²) in [4.78, 5) is 2.01. The second-order valence-electron chi connectivity index (χ2n) is 4.62. The number of hydrogen-bond donors (Lipinski definition) is 1. The average molecular weight is 298 g/mol. The van der Waals surface area contributed by atoms with Gasteiger partial charge in [-0.25, -0.2) is 4.39 Å². The fourth-order valence-electron chi connectivity index (χ4n) is 2.03. The first-order valence-corrected chi connectivity index (χ1v) is 6.98. The average Bonchev–Trinajstić information content (AvgIpc) is 2.43. The van der Waals surface area contributed by atoms with E-state index in [4.69, 9.17) is 14.7 Å². The lowest BCUT2D eigenvalue weighted by atomic mass is 10.1. The van der Waals surface area contributed by atoms with E-state index in [1.807, 2.05) is 25.8 Å². The Labute approximate surface area is 125 Å². The number of hydrogen-bond acceptors (Lipinski definition) is 5. The van der Waals surface area contributed by atoms with Gasteiger partial charge in [-0.05, 0) is 38.6 Å². The maximum atomic E-state index is 13.2. The van der Waals surface area contributed by atoms with Crippen LogP contribution >= 0.6 is 0 Å². The molecule has 0 saturated heterocycles. The van der Waals surface area contributed by atoms with Crippen molar-refractivity contribution in [3.8, 4) is 0 Å². The molecule has 5 nitrogen and oxygen atoms in total. The molecule has 6 heteroatoms. The van der Waals surface area contributed by atoms with E-state index in [0.29, 0.717) is 31.9 Å². The van der Waals surface area contributed by atoms with Crippen LogP contribution < -0.4 is 0 Å². The summed E-state index contributed by atoms with van der Waals surface area (Å²) in [5, 5.41) is 11.6. The van der Waals surface area contributed by atoms with Crippen molar-refractivity contribution in [3.05, 3.63) is 35.1 Å². The summed E-state index contributed by atoms with van der Waals surface area (Å²) in [6, 6.07) is 4.41. The van der Waals surface area contributed by atoms with Crippen molar-refractivity contribution in [1.29, 1.82) is 0 Å². The van der Waals surface area contributed by atoms with Gasteiger partial charge in [0.2, 0.25) is 0 Å². The van der Waals surface area contributed by atoms with Gasteiger partial charge in [0.1, 0.15) is 5.82 Å². The lowest BCUT2D eigenvalue weighted by molar-refractivity contribution is -0.145. The molecule has 1 N–H and O–H groups in total. The quantitative estimate of drug-likeness (QED) is 0.329. The van der Waals surface area contributed by atoms with Crippen molar-refractivity contribution in [3.63, 3.8) is 0 Å². The minimum absolute atomic E-state index is 0.291. The van der Waals surface area contributed by atoms with Crippen molar-refractivity contribution in [2.24, 2.45) is 5.16 Å². The Morgan fingerprint density at radius 2 is 2.00 bits per heavy atom. The van der Waals surface area contributed by atoms with Crippen molar-refractivity contribution in [2.45, 2.75) is 26.7 Å². The molecule has 0 heterocycles. The highest BCUT2D eigenvalue weighted by molar-refractivity contribution is 5.81. The number of likely N-dealkylation sites (N-methyl/N-ethyl adjacent to an activating group) is 1. The topological polar surface area (TPSA) is 54.3 Å². The smallest absolute Gasteiger partial charge is 0.170 e. The van der Waals surface area contributed by atoms with Gasteiger partial charge >= 0.3 is 0 Å². The van der Waals surface area contributed by atoms with Crippen LogP contribution in [0.5, 0.6) is 0 Å². The molecule has 0 radical (unpaired) electrons. The molecule has 0 spiro atoms. The second kappa shape index (κ2) is 9.44. The third-order valence-corrected chi connectivity index (χ3v) is 2.91. The predicted molar refractivity (Wildman–Crippen MR) is 79.2 cm³/mol. The van der Waals surface area contributed by atoms with Crippen molar-refractivity contribution < 1.29 is 19.1 Å². The standard InChI is InChI=1S/C15H23FN2O3/c1-4-20-15(21-5-2)11-18(3)10-12-6-7-14(16)8-13(12)9-17-19/h6-9,15,19H,4-5,10-11H2,1-3H3/b17-9-. The van der Waals surface area contributed by atoms with Gasteiger partial charge in [-0.3, -0.25) is 4.90 Å². The van der Waals surface area contributed by atoms with Crippen LogP contribution in [0.25, 0.3) is 0 Å². The van der Waals surface area contributed by atoms with Crippen LogP contribution in [0.2, 0.25) is 0 Å². The molecule has 118 valence electrons. The lowest BCUT2D eigenvalue weighted by Gasteiger charge is -2.24. The molecule has 0 amide bonds. The summed E-state index contributed by atoms with van der Waals surface area (Å²) >= 11 is 0. The van der Waals surface area contributed by atoms with Crippen LogP contribution in [-0.2, 0) is 16.0 Å². The van der Waals surface area contributed by atoms with Crippen LogP contribution in [-0.4, -0.2) is 49.4 Å². The van der Waals surface area contributed by atoms with Gasteiger partial charge in [-0.1, -0.05) is 11.2 Å². The first kappa shape index (κ1) is 17.6. The zero-order chi connectivity index (χ0) is 15.7. The third-order valence-electron chi connectivity index (χ3n) is 2.91. The van der Waals surface area contributed by atoms with Gasteiger partial charge < -0.3 is 14.7 Å². The summed E-state index contributed by atoms with van der Waals surface area (Å²) < 4.78 is 24.2. The predicted octanol–water partition coefficient (Wildman–Crippen LogP) is 2.46. The molecule has 0 aliphatic rings. The summed E-state index contributed by atoms with van der Waals surface area (Å²) in [6.07, 6.45) is 0.940. The molecule has 1 aromatic rings. The maximum Gasteiger partial charge on any atom is 0.170 e. The number of nitrogens with zero attached hydrogens (tertiary/aromatic N) is 2. The van der Waals surface area contributed by atoms with Gasteiger partial charge in [0, 0.05) is 31.9 Å². The Kier molecular flexibility index (Phi) is 7.89. The molecule has 1 rings (SSSR count). The molecule has 0 aromatic heterocycles. The SMILES string of the molecule is CCOC(CN(C)Cc1ccc(F)cc1/C=N\O)OCC. The zero-order valence-corrected chi connectivity index (χ0v) is 12.8. The summed E-state index contributed by atoms with van der Waals surface area (Å²) in [7, 11) is 1.92. The fraction of sp³-hybridized carbons (Fsp3) is 0.533. The van der Waals surface area contributed by atoms with E-state index in [2.05, 4.69) is 5.16 Å². The molecule has 0 atom stereocenters. The van der Waals surface area contributed by atoms with Crippen LogP contribution in [0.4, 0.5) is 4.39 Å². The Hall–Kier alpha value is -1.50. The highest BCUT2D eigenvalue weighted by atomic mass is 19.1. The maximum absolute atomic E-state index is 13.2. The number of rotatable bonds is 9. The first-order chi connectivity index (χ1) is 10.1. The minimum atomic E-state index is -0.363. The van der Waals surface area contributed by atoms with Crippen LogP contribution in [0.15, 0.2) is 23.4 Å². The van der Waals surface area contributed by atoms with E-state index in [1.165, 1.54) is 18.3 Å². The molecule has 1 aromatic carbocycles. The molecular formula is C15H23FN2O3. The fourth-order valence-corrected chi connectivity index (χ4v) is 2.03. The zero-order valence-electron chi connectivity index (χ0n) is 12.8. The molecule has 0 unspecified atom stereocenters. The number of ether oxygens (including phenoxy) is 2. The Bertz CT molecular complexity index is 449. The van der Waals surface area contributed by atoms with E-state index in [-0.39, 0.29) is 12.1 Å². The molecule has 0 aliphatic heterocycles. The number of benzene rings is 1. The van der Waals surface area contributed by atoms with Gasteiger partial charge in [0.15, 0.2) is 6.29 Å². The van der Waals surface area contributed by atoms with Gasteiger partial charge in [-0.15, -0.1) is 0 Å². The van der Waals surface area contributed by atoms with Crippen molar-refractivity contribution in [2.75, 3.05) is 26.8 Å². The van der Waals surface area contributed by atoms with Gasteiger partial charge in [0.05, 0.1) is 6.21 Å². The molecule has 0 fully saturated rings. The summed E-state index contributed by atoms with van der Waals surface area (Å²) in [5.41, 5.74) is 1.41. The van der Waals surface area contributed by atoms with E-state index >= 15 is 0 Å². The molecular weight excluding hydrogens is 275 g/mol.